The minimum Gasteiger partial charge on any atom is -0.497 e. The Kier molecular flexibility index (Phi) is 6.53. The topological polar surface area (TPSA) is 29.5 Å². The Morgan fingerprint density at radius 1 is 1.13 bits per heavy atom. The standard InChI is InChI=1S/C19H23NO2S/c1-15-6-4-5-7-17(15)13-23-14-19(21)20(2)12-16-8-10-18(22-3)11-9-16/h4-11H,12-14H2,1-3H3. The molecule has 0 unspecified atom stereocenters. The van der Waals surface area contributed by atoms with Gasteiger partial charge in [-0.15, -0.1) is 11.8 Å². The van der Waals surface area contributed by atoms with E-state index in [0.29, 0.717) is 12.3 Å². The average molecular weight is 329 g/mol. The van der Waals surface area contributed by atoms with Crippen LogP contribution in [0.4, 0.5) is 0 Å². The summed E-state index contributed by atoms with van der Waals surface area (Å²) in [5, 5.41) is 0. The van der Waals surface area contributed by atoms with E-state index < -0.39 is 0 Å². The van der Waals surface area contributed by atoms with Gasteiger partial charge in [-0.1, -0.05) is 36.4 Å². The largest absolute Gasteiger partial charge is 0.497 e. The molecular weight excluding hydrogens is 306 g/mol. The van der Waals surface area contributed by atoms with Crippen LogP contribution >= 0.6 is 11.8 Å². The average Bonchev–Trinajstić information content (AvgIpc) is 2.57. The molecule has 0 spiro atoms. The number of carbonyl (C=O) groups is 1. The summed E-state index contributed by atoms with van der Waals surface area (Å²) in [6, 6.07) is 16.1. The third-order valence-electron chi connectivity index (χ3n) is 3.75. The second-order valence-corrected chi connectivity index (χ2v) is 6.50. The normalized spacial score (nSPS) is 10.4. The molecule has 2 aromatic rings. The fourth-order valence-electron chi connectivity index (χ4n) is 2.22. The van der Waals surface area contributed by atoms with Crippen molar-refractivity contribution in [3.63, 3.8) is 0 Å². The highest BCUT2D eigenvalue weighted by Crippen LogP contribution is 2.17. The smallest absolute Gasteiger partial charge is 0.232 e. The highest BCUT2D eigenvalue weighted by molar-refractivity contribution is 7.99. The van der Waals surface area contributed by atoms with Crippen LogP contribution in [-0.4, -0.2) is 30.7 Å². The predicted octanol–water partition coefficient (Wildman–Crippen LogP) is 3.90. The van der Waals surface area contributed by atoms with Crippen molar-refractivity contribution in [1.29, 1.82) is 0 Å². The summed E-state index contributed by atoms with van der Waals surface area (Å²) >= 11 is 1.66. The lowest BCUT2D eigenvalue weighted by Crippen LogP contribution is -2.27. The van der Waals surface area contributed by atoms with Crippen molar-refractivity contribution in [1.82, 2.24) is 4.90 Å². The van der Waals surface area contributed by atoms with Crippen LogP contribution in [0.15, 0.2) is 48.5 Å². The zero-order valence-electron chi connectivity index (χ0n) is 13.9. The monoisotopic (exact) mass is 329 g/mol. The Balaban J connectivity index is 1.79. The third kappa shape index (κ3) is 5.32. The zero-order chi connectivity index (χ0) is 16.7. The fourth-order valence-corrected chi connectivity index (χ4v) is 3.26. The van der Waals surface area contributed by atoms with E-state index in [1.165, 1.54) is 11.1 Å². The molecule has 23 heavy (non-hydrogen) atoms. The van der Waals surface area contributed by atoms with Crippen molar-refractivity contribution in [3.05, 3.63) is 65.2 Å². The molecule has 0 aliphatic carbocycles. The van der Waals surface area contributed by atoms with E-state index in [0.717, 1.165) is 17.1 Å². The summed E-state index contributed by atoms with van der Waals surface area (Å²) in [5.74, 6) is 2.35. The van der Waals surface area contributed by atoms with Crippen LogP contribution < -0.4 is 4.74 Å². The molecule has 0 N–H and O–H groups in total. The van der Waals surface area contributed by atoms with E-state index in [1.54, 1.807) is 23.8 Å². The van der Waals surface area contributed by atoms with Gasteiger partial charge in [0.05, 0.1) is 12.9 Å². The number of rotatable bonds is 7. The van der Waals surface area contributed by atoms with E-state index >= 15 is 0 Å². The maximum absolute atomic E-state index is 12.2. The molecule has 0 saturated heterocycles. The van der Waals surface area contributed by atoms with Gasteiger partial charge in [0, 0.05) is 19.3 Å². The SMILES string of the molecule is COc1ccc(CN(C)C(=O)CSCc2ccccc2C)cc1. The van der Waals surface area contributed by atoms with Crippen LogP contribution in [0.5, 0.6) is 5.75 Å². The van der Waals surface area contributed by atoms with Gasteiger partial charge in [0.2, 0.25) is 5.91 Å². The first kappa shape index (κ1) is 17.4. The molecule has 0 aliphatic rings. The summed E-state index contributed by atoms with van der Waals surface area (Å²) in [6.07, 6.45) is 0. The molecule has 0 aliphatic heterocycles. The lowest BCUT2D eigenvalue weighted by molar-refractivity contribution is -0.127. The number of methoxy groups -OCH3 is 1. The number of thioether (sulfide) groups is 1. The van der Waals surface area contributed by atoms with Crippen LogP contribution in [-0.2, 0) is 17.1 Å². The molecule has 0 fully saturated rings. The highest BCUT2D eigenvalue weighted by Gasteiger charge is 2.10. The predicted molar refractivity (Wildman–Crippen MR) is 96.8 cm³/mol. The summed E-state index contributed by atoms with van der Waals surface area (Å²) in [7, 11) is 3.50. The zero-order valence-corrected chi connectivity index (χ0v) is 14.7. The molecule has 4 heteroatoms. The van der Waals surface area contributed by atoms with E-state index in [4.69, 9.17) is 4.74 Å². The summed E-state index contributed by atoms with van der Waals surface area (Å²) in [5.41, 5.74) is 3.67. The minimum absolute atomic E-state index is 0.152. The van der Waals surface area contributed by atoms with Gasteiger partial charge in [-0.3, -0.25) is 4.79 Å². The Morgan fingerprint density at radius 2 is 1.83 bits per heavy atom. The first-order chi connectivity index (χ1) is 11.1. The van der Waals surface area contributed by atoms with Gasteiger partial charge in [-0.25, -0.2) is 0 Å². The highest BCUT2D eigenvalue weighted by atomic mass is 32.2. The molecule has 0 saturated carbocycles. The molecule has 3 nitrogen and oxygen atoms in total. The van der Waals surface area contributed by atoms with Crippen LogP contribution in [0.1, 0.15) is 16.7 Å². The first-order valence-corrected chi connectivity index (χ1v) is 8.74. The van der Waals surface area contributed by atoms with Gasteiger partial charge < -0.3 is 9.64 Å². The van der Waals surface area contributed by atoms with Crippen molar-refractivity contribution in [2.45, 2.75) is 19.2 Å². The van der Waals surface area contributed by atoms with Gasteiger partial charge in [0.1, 0.15) is 5.75 Å². The molecule has 1 amide bonds. The van der Waals surface area contributed by atoms with Crippen LogP contribution in [0, 0.1) is 6.92 Å². The number of nitrogens with zero attached hydrogens (tertiary/aromatic N) is 1. The van der Waals surface area contributed by atoms with E-state index in [9.17, 15) is 4.79 Å². The van der Waals surface area contributed by atoms with Crippen LogP contribution in [0.2, 0.25) is 0 Å². The number of carbonyl (C=O) groups excluding carboxylic acids is 1. The van der Waals surface area contributed by atoms with Gasteiger partial charge in [-0.2, -0.15) is 0 Å². The fraction of sp³-hybridized carbons (Fsp3) is 0.316. The summed E-state index contributed by atoms with van der Waals surface area (Å²) in [6.45, 7) is 2.72. The summed E-state index contributed by atoms with van der Waals surface area (Å²) < 4.78 is 5.14. The number of hydrogen-bond donors (Lipinski definition) is 0. The molecule has 0 aromatic heterocycles. The second kappa shape index (κ2) is 8.63. The third-order valence-corrected chi connectivity index (χ3v) is 4.72. The number of hydrogen-bond acceptors (Lipinski definition) is 3. The van der Waals surface area contributed by atoms with Crippen LogP contribution in [0.25, 0.3) is 0 Å². The van der Waals surface area contributed by atoms with Crippen LogP contribution in [0.3, 0.4) is 0 Å². The van der Waals surface area contributed by atoms with Crippen molar-refractivity contribution in [3.8, 4) is 5.75 Å². The molecule has 0 bridgehead atoms. The lowest BCUT2D eigenvalue weighted by atomic mass is 10.1. The Labute approximate surface area is 142 Å². The number of ether oxygens (including phenoxy) is 1. The Bertz CT molecular complexity index is 640. The molecule has 0 heterocycles. The Morgan fingerprint density at radius 3 is 2.48 bits per heavy atom. The van der Waals surface area contributed by atoms with Gasteiger partial charge in [0.15, 0.2) is 0 Å². The van der Waals surface area contributed by atoms with Crippen molar-refractivity contribution in [2.75, 3.05) is 19.9 Å². The maximum atomic E-state index is 12.2. The molecule has 2 aromatic carbocycles. The van der Waals surface area contributed by atoms with E-state index in [2.05, 4.69) is 19.1 Å². The number of aryl methyl sites for hydroxylation is 1. The van der Waals surface area contributed by atoms with Gasteiger partial charge >= 0.3 is 0 Å². The Hall–Kier alpha value is -1.94. The van der Waals surface area contributed by atoms with E-state index in [1.807, 2.05) is 43.4 Å². The minimum atomic E-state index is 0.152. The molecule has 0 radical (unpaired) electrons. The quantitative estimate of drug-likeness (QED) is 0.772. The van der Waals surface area contributed by atoms with E-state index in [-0.39, 0.29) is 5.91 Å². The molecule has 122 valence electrons. The lowest BCUT2D eigenvalue weighted by Gasteiger charge is -2.17. The van der Waals surface area contributed by atoms with Crippen molar-refractivity contribution >= 4 is 17.7 Å². The maximum Gasteiger partial charge on any atom is 0.232 e. The second-order valence-electron chi connectivity index (χ2n) is 5.52. The van der Waals surface area contributed by atoms with Crippen molar-refractivity contribution < 1.29 is 9.53 Å². The molecular formula is C19H23NO2S. The van der Waals surface area contributed by atoms with Crippen molar-refractivity contribution in [2.24, 2.45) is 0 Å². The number of amides is 1. The first-order valence-electron chi connectivity index (χ1n) is 7.59. The van der Waals surface area contributed by atoms with Gasteiger partial charge in [0.25, 0.3) is 0 Å². The summed E-state index contributed by atoms with van der Waals surface area (Å²) in [4.78, 5) is 14.0. The molecule has 2 rings (SSSR count). The number of benzene rings is 2. The molecule has 0 atom stereocenters. The van der Waals surface area contributed by atoms with Gasteiger partial charge in [-0.05, 0) is 35.7 Å².